The summed E-state index contributed by atoms with van der Waals surface area (Å²) in [7, 11) is 0. The molecular weight excluding hydrogens is 314 g/mol. The molecule has 1 heterocycles. The Morgan fingerprint density at radius 1 is 1.22 bits per heavy atom. The van der Waals surface area contributed by atoms with Crippen LogP contribution in [-0.2, 0) is 11.3 Å². The highest BCUT2D eigenvalue weighted by molar-refractivity contribution is 5.94. The van der Waals surface area contributed by atoms with Crippen LogP contribution < -0.4 is 16.0 Å². The lowest BCUT2D eigenvalue weighted by molar-refractivity contribution is -0.122. The standard InChI is InChI=1S/C17H25N3O2.ClH/c1-2-3-10-19-16(21)14-8-6-13(7-9-14)12-20-17(22)15-5-4-11-18-15;/h6-9,15,18H,2-5,10-12H2,1H3,(H,19,21)(H,20,22);1H. The van der Waals surface area contributed by atoms with Gasteiger partial charge in [-0.3, -0.25) is 9.59 Å². The van der Waals surface area contributed by atoms with Gasteiger partial charge in [-0.05, 0) is 43.5 Å². The average Bonchev–Trinajstić information content (AvgIpc) is 3.08. The Balaban J connectivity index is 0.00000264. The van der Waals surface area contributed by atoms with Gasteiger partial charge in [0.1, 0.15) is 0 Å². The molecule has 1 aliphatic heterocycles. The van der Waals surface area contributed by atoms with Crippen LogP contribution in [0.1, 0.15) is 48.5 Å². The summed E-state index contributed by atoms with van der Waals surface area (Å²) in [5, 5.41) is 9.00. The number of carbonyl (C=O) groups is 2. The van der Waals surface area contributed by atoms with Gasteiger partial charge in [-0.1, -0.05) is 25.5 Å². The van der Waals surface area contributed by atoms with E-state index in [0.717, 1.165) is 37.8 Å². The third-order valence-corrected chi connectivity index (χ3v) is 3.88. The Bertz CT molecular complexity index is 499. The zero-order valence-corrected chi connectivity index (χ0v) is 14.4. The lowest BCUT2D eigenvalue weighted by atomic mass is 10.1. The zero-order chi connectivity index (χ0) is 15.8. The van der Waals surface area contributed by atoms with Gasteiger partial charge < -0.3 is 16.0 Å². The van der Waals surface area contributed by atoms with E-state index in [4.69, 9.17) is 0 Å². The SMILES string of the molecule is CCCCNC(=O)c1ccc(CNC(=O)C2CCCN2)cc1.Cl. The van der Waals surface area contributed by atoms with E-state index in [1.54, 1.807) is 12.1 Å². The van der Waals surface area contributed by atoms with Crippen molar-refractivity contribution in [3.8, 4) is 0 Å². The van der Waals surface area contributed by atoms with Crippen LogP contribution >= 0.6 is 12.4 Å². The molecule has 0 radical (unpaired) electrons. The maximum Gasteiger partial charge on any atom is 0.251 e. The molecular formula is C17H26ClN3O2. The second kappa shape index (κ2) is 10.2. The lowest BCUT2D eigenvalue weighted by Gasteiger charge is -2.11. The van der Waals surface area contributed by atoms with Crippen LogP contribution in [0.2, 0.25) is 0 Å². The predicted molar refractivity (Wildman–Crippen MR) is 93.8 cm³/mol. The first-order valence-corrected chi connectivity index (χ1v) is 8.09. The molecule has 1 saturated heterocycles. The molecule has 5 nitrogen and oxygen atoms in total. The molecule has 1 aromatic rings. The minimum absolute atomic E-state index is 0. The van der Waals surface area contributed by atoms with Gasteiger partial charge in [0.15, 0.2) is 0 Å². The van der Waals surface area contributed by atoms with Crippen molar-refractivity contribution in [1.82, 2.24) is 16.0 Å². The highest BCUT2D eigenvalue weighted by atomic mass is 35.5. The third-order valence-electron chi connectivity index (χ3n) is 3.88. The van der Waals surface area contributed by atoms with Crippen LogP contribution in [0.15, 0.2) is 24.3 Å². The Morgan fingerprint density at radius 2 is 1.96 bits per heavy atom. The summed E-state index contributed by atoms with van der Waals surface area (Å²) in [6, 6.07) is 7.32. The van der Waals surface area contributed by atoms with E-state index in [0.29, 0.717) is 18.7 Å². The molecule has 3 N–H and O–H groups in total. The molecule has 0 aromatic heterocycles. The largest absolute Gasteiger partial charge is 0.352 e. The normalized spacial score (nSPS) is 16.5. The Hall–Kier alpha value is -1.59. The van der Waals surface area contributed by atoms with Crippen molar-refractivity contribution in [2.45, 2.75) is 45.2 Å². The maximum atomic E-state index is 11.9. The van der Waals surface area contributed by atoms with E-state index >= 15 is 0 Å². The van der Waals surface area contributed by atoms with Crippen LogP contribution in [-0.4, -0.2) is 30.9 Å². The van der Waals surface area contributed by atoms with E-state index in [1.807, 2.05) is 12.1 Å². The molecule has 6 heteroatoms. The summed E-state index contributed by atoms with van der Waals surface area (Å²) in [6.45, 7) is 4.21. The number of carbonyl (C=O) groups excluding carboxylic acids is 2. The molecule has 1 unspecified atom stereocenters. The molecule has 0 saturated carbocycles. The van der Waals surface area contributed by atoms with Crippen LogP contribution in [0.5, 0.6) is 0 Å². The van der Waals surface area contributed by atoms with Gasteiger partial charge >= 0.3 is 0 Å². The quantitative estimate of drug-likeness (QED) is 0.665. The van der Waals surface area contributed by atoms with Crippen molar-refractivity contribution in [2.75, 3.05) is 13.1 Å². The summed E-state index contributed by atoms with van der Waals surface area (Å²) in [6.07, 6.45) is 4.02. The van der Waals surface area contributed by atoms with Gasteiger partial charge in [0.2, 0.25) is 5.91 Å². The maximum absolute atomic E-state index is 11.9. The predicted octanol–water partition coefficient (Wildman–Crippen LogP) is 2.01. The molecule has 128 valence electrons. The molecule has 1 fully saturated rings. The van der Waals surface area contributed by atoms with E-state index in [2.05, 4.69) is 22.9 Å². The van der Waals surface area contributed by atoms with Crippen molar-refractivity contribution in [3.63, 3.8) is 0 Å². The number of hydrogen-bond donors (Lipinski definition) is 3. The molecule has 2 rings (SSSR count). The first-order chi connectivity index (χ1) is 10.7. The van der Waals surface area contributed by atoms with Crippen molar-refractivity contribution in [2.24, 2.45) is 0 Å². The van der Waals surface area contributed by atoms with Crippen LogP contribution in [0.4, 0.5) is 0 Å². The zero-order valence-electron chi connectivity index (χ0n) is 13.6. The summed E-state index contributed by atoms with van der Waals surface area (Å²) in [4.78, 5) is 23.8. The highest BCUT2D eigenvalue weighted by Crippen LogP contribution is 2.07. The summed E-state index contributed by atoms with van der Waals surface area (Å²) in [5.41, 5.74) is 1.65. The first-order valence-electron chi connectivity index (χ1n) is 8.09. The third kappa shape index (κ3) is 6.20. The van der Waals surface area contributed by atoms with Gasteiger partial charge in [0.25, 0.3) is 5.91 Å². The first kappa shape index (κ1) is 19.5. The second-order valence-corrected chi connectivity index (χ2v) is 5.67. The van der Waals surface area contributed by atoms with Gasteiger partial charge in [0, 0.05) is 18.7 Å². The Labute approximate surface area is 144 Å². The minimum atomic E-state index is -0.0522. The number of benzene rings is 1. The summed E-state index contributed by atoms with van der Waals surface area (Å²) in [5.74, 6) is 0.0121. The second-order valence-electron chi connectivity index (χ2n) is 5.67. The van der Waals surface area contributed by atoms with Gasteiger partial charge in [-0.25, -0.2) is 0 Å². The summed E-state index contributed by atoms with van der Waals surface area (Å²) >= 11 is 0. The highest BCUT2D eigenvalue weighted by Gasteiger charge is 2.21. The molecule has 0 bridgehead atoms. The number of hydrogen-bond acceptors (Lipinski definition) is 3. The lowest BCUT2D eigenvalue weighted by Crippen LogP contribution is -2.40. The van der Waals surface area contributed by atoms with Crippen molar-refractivity contribution >= 4 is 24.2 Å². The van der Waals surface area contributed by atoms with Gasteiger partial charge in [0.05, 0.1) is 6.04 Å². The number of nitrogens with one attached hydrogen (secondary N) is 3. The Kier molecular flexibility index (Phi) is 8.66. The molecule has 1 aliphatic rings. The number of amides is 2. The van der Waals surface area contributed by atoms with E-state index in [9.17, 15) is 9.59 Å². The minimum Gasteiger partial charge on any atom is -0.352 e. The number of halogens is 1. The van der Waals surface area contributed by atoms with Crippen molar-refractivity contribution < 1.29 is 9.59 Å². The monoisotopic (exact) mass is 339 g/mol. The van der Waals surface area contributed by atoms with Crippen molar-refractivity contribution in [1.29, 1.82) is 0 Å². The van der Waals surface area contributed by atoms with Crippen LogP contribution in [0, 0.1) is 0 Å². The number of rotatable bonds is 7. The molecule has 1 atom stereocenters. The average molecular weight is 340 g/mol. The van der Waals surface area contributed by atoms with Crippen molar-refractivity contribution in [3.05, 3.63) is 35.4 Å². The summed E-state index contributed by atoms with van der Waals surface area (Å²) < 4.78 is 0. The Morgan fingerprint density at radius 3 is 2.57 bits per heavy atom. The van der Waals surface area contributed by atoms with E-state index in [-0.39, 0.29) is 30.3 Å². The fraction of sp³-hybridized carbons (Fsp3) is 0.529. The number of unbranched alkanes of at least 4 members (excludes halogenated alkanes) is 1. The molecule has 0 spiro atoms. The van der Waals surface area contributed by atoms with E-state index in [1.165, 1.54) is 0 Å². The molecule has 2 amide bonds. The van der Waals surface area contributed by atoms with Crippen LogP contribution in [0.3, 0.4) is 0 Å². The smallest absolute Gasteiger partial charge is 0.251 e. The molecule has 1 aromatic carbocycles. The fourth-order valence-electron chi connectivity index (χ4n) is 2.48. The van der Waals surface area contributed by atoms with Gasteiger partial charge in [-0.15, -0.1) is 12.4 Å². The molecule has 23 heavy (non-hydrogen) atoms. The topological polar surface area (TPSA) is 70.2 Å². The molecule has 0 aliphatic carbocycles. The van der Waals surface area contributed by atoms with E-state index < -0.39 is 0 Å². The van der Waals surface area contributed by atoms with Gasteiger partial charge in [-0.2, -0.15) is 0 Å². The van der Waals surface area contributed by atoms with Crippen LogP contribution in [0.25, 0.3) is 0 Å². The fourth-order valence-corrected chi connectivity index (χ4v) is 2.48.